The van der Waals surface area contributed by atoms with Crippen molar-refractivity contribution in [1.29, 1.82) is 0 Å². The minimum atomic E-state index is -0.754. The van der Waals surface area contributed by atoms with Crippen LogP contribution in [0.2, 0.25) is 10.0 Å². The highest BCUT2D eigenvalue weighted by Gasteiger charge is 2.14. The fraction of sp³-hybridized carbons (Fsp3) is 0.500. The van der Waals surface area contributed by atoms with E-state index in [0.717, 1.165) is 25.1 Å². The van der Waals surface area contributed by atoms with Gasteiger partial charge in [0.25, 0.3) is 0 Å². The number of guanidine groups is 1. The van der Waals surface area contributed by atoms with E-state index in [1.165, 1.54) is 11.3 Å². The van der Waals surface area contributed by atoms with Gasteiger partial charge in [-0.3, -0.25) is 4.68 Å². The van der Waals surface area contributed by atoms with Crippen LogP contribution in [0.4, 0.5) is 0 Å². The number of hydrogen-bond acceptors (Lipinski definition) is 3. The Labute approximate surface area is 177 Å². The second-order valence-corrected chi connectivity index (χ2v) is 7.37. The molecule has 0 saturated carbocycles. The summed E-state index contributed by atoms with van der Waals surface area (Å²) in [6.45, 7) is 7.78. The van der Waals surface area contributed by atoms with Gasteiger partial charge in [0, 0.05) is 41.4 Å². The van der Waals surface area contributed by atoms with E-state index in [0.29, 0.717) is 28.1 Å². The zero-order chi connectivity index (χ0) is 20.7. The second-order valence-electron chi connectivity index (χ2n) is 6.50. The van der Waals surface area contributed by atoms with Crippen LogP contribution >= 0.6 is 23.2 Å². The summed E-state index contributed by atoms with van der Waals surface area (Å²) in [4.78, 5) is 4.69. The highest BCUT2D eigenvalue weighted by Crippen LogP contribution is 2.23. The van der Waals surface area contributed by atoms with Crippen molar-refractivity contribution in [3.63, 3.8) is 0 Å². The van der Waals surface area contributed by atoms with Crippen molar-refractivity contribution < 1.29 is 5.11 Å². The normalized spacial score (nSPS) is 12.9. The molecule has 0 aliphatic heterocycles. The van der Waals surface area contributed by atoms with Crippen molar-refractivity contribution in [3.05, 3.63) is 50.8 Å². The molecule has 3 N–H and O–H groups in total. The lowest BCUT2D eigenvalue weighted by atomic mass is 10.1. The first-order chi connectivity index (χ1) is 13.4. The lowest BCUT2D eigenvalue weighted by Crippen LogP contribution is -2.39. The number of aromatic nitrogens is 2. The summed E-state index contributed by atoms with van der Waals surface area (Å²) in [5, 5.41) is 22.5. The molecule has 28 heavy (non-hydrogen) atoms. The molecule has 2 aromatic rings. The Morgan fingerprint density at radius 1 is 1.14 bits per heavy atom. The smallest absolute Gasteiger partial charge is 0.191 e. The van der Waals surface area contributed by atoms with E-state index >= 15 is 0 Å². The van der Waals surface area contributed by atoms with Crippen molar-refractivity contribution >= 4 is 29.2 Å². The predicted molar refractivity (Wildman–Crippen MR) is 116 cm³/mol. The van der Waals surface area contributed by atoms with E-state index in [-0.39, 0.29) is 6.54 Å². The lowest BCUT2D eigenvalue weighted by Gasteiger charge is -2.16. The number of aliphatic imine (C=N–C) groups is 1. The van der Waals surface area contributed by atoms with Gasteiger partial charge in [-0.2, -0.15) is 5.10 Å². The summed E-state index contributed by atoms with van der Waals surface area (Å²) < 4.78 is 1.94. The van der Waals surface area contributed by atoms with E-state index in [4.69, 9.17) is 28.2 Å². The Bertz CT molecular complexity index is 799. The summed E-state index contributed by atoms with van der Waals surface area (Å²) in [7, 11) is 1.97. The summed E-state index contributed by atoms with van der Waals surface area (Å²) in [5.41, 5.74) is 4.11. The minimum Gasteiger partial charge on any atom is -0.387 e. The Hall–Kier alpha value is -1.76. The number of aliphatic hydroxyl groups is 1. The van der Waals surface area contributed by atoms with Gasteiger partial charge in [-0.05, 0) is 43.5 Å². The Balaban J connectivity index is 2.10. The molecule has 2 rings (SSSR count). The van der Waals surface area contributed by atoms with Crippen LogP contribution in [0.3, 0.4) is 0 Å². The first-order valence-corrected chi connectivity index (χ1v) is 10.3. The summed E-state index contributed by atoms with van der Waals surface area (Å²) in [5.74, 6) is 0.641. The molecular formula is C20H29Cl2N5O. The third-order valence-electron chi connectivity index (χ3n) is 4.50. The van der Waals surface area contributed by atoms with E-state index < -0.39 is 6.10 Å². The molecule has 1 aromatic carbocycles. The molecule has 154 valence electrons. The average Bonchev–Trinajstić information content (AvgIpc) is 2.97. The molecule has 0 aliphatic carbocycles. The van der Waals surface area contributed by atoms with Gasteiger partial charge < -0.3 is 15.7 Å². The first-order valence-electron chi connectivity index (χ1n) is 9.59. The van der Waals surface area contributed by atoms with Crippen LogP contribution in [-0.2, 0) is 26.4 Å². The quantitative estimate of drug-likeness (QED) is 0.445. The summed E-state index contributed by atoms with van der Waals surface area (Å²) in [6.07, 6.45) is 1.03. The molecular weight excluding hydrogens is 397 g/mol. The fourth-order valence-electron chi connectivity index (χ4n) is 3.15. The lowest BCUT2D eigenvalue weighted by molar-refractivity contribution is 0.181. The van der Waals surface area contributed by atoms with Crippen LogP contribution in [0.25, 0.3) is 0 Å². The first kappa shape index (κ1) is 22.5. The average molecular weight is 426 g/mol. The summed E-state index contributed by atoms with van der Waals surface area (Å²) >= 11 is 12.0. The maximum atomic E-state index is 10.5. The molecule has 1 heterocycles. The molecule has 0 spiro atoms. The van der Waals surface area contributed by atoms with Gasteiger partial charge in [0.1, 0.15) is 0 Å². The Morgan fingerprint density at radius 3 is 2.39 bits per heavy atom. The molecule has 1 unspecified atom stereocenters. The van der Waals surface area contributed by atoms with Gasteiger partial charge in [0.2, 0.25) is 0 Å². The molecule has 1 aromatic heterocycles. The number of aryl methyl sites for hydroxylation is 2. The van der Waals surface area contributed by atoms with E-state index in [9.17, 15) is 5.11 Å². The second kappa shape index (κ2) is 10.7. The molecule has 0 fully saturated rings. The third-order valence-corrected chi connectivity index (χ3v) is 4.94. The van der Waals surface area contributed by atoms with Crippen molar-refractivity contribution in [2.24, 2.45) is 12.0 Å². The number of rotatable bonds is 8. The van der Waals surface area contributed by atoms with Crippen LogP contribution in [0.1, 0.15) is 49.4 Å². The standard InChI is InChI=1S/C20H29Cl2N5O/c1-5-17-16(18(6-2)27(4)26-17)11-24-20(23-7-3)25-12-19(28)13-8-14(21)10-15(22)9-13/h8-10,19,28H,5-7,11-12H2,1-4H3,(H2,23,24,25). The SMILES string of the molecule is CCNC(=NCc1c(CC)nn(C)c1CC)NCC(O)c1cc(Cl)cc(Cl)c1. The van der Waals surface area contributed by atoms with Crippen LogP contribution in [0.5, 0.6) is 0 Å². The third kappa shape index (κ3) is 5.87. The van der Waals surface area contributed by atoms with Crippen molar-refractivity contribution in [1.82, 2.24) is 20.4 Å². The fourth-order valence-corrected chi connectivity index (χ4v) is 3.69. The van der Waals surface area contributed by atoms with Crippen molar-refractivity contribution in [3.8, 4) is 0 Å². The molecule has 0 radical (unpaired) electrons. The van der Waals surface area contributed by atoms with E-state index in [1.54, 1.807) is 18.2 Å². The monoisotopic (exact) mass is 425 g/mol. The molecule has 0 amide bonds. The predicted octanol–water partition coefficient (Wildman–Crippen LogP) is 3.64. The number of benzene rings is 1. The van der Waals surface area contributed by atoms with Gasteiger partial charge in [-0.1, -0.05) is 37.0 Å². The van der Waals surface area contributed by atoms with Crippen LogP contribution in [-0.4, -0.2) is 33.9 Å². The molecule has 8 heteroatoms. The van der Waals surface area contributed by atoms with Gasteiger partial charge in [-0.15, -0.1) is 0 Å². The maximum absolute atomic E-state index is 10.5. The number of nitrogens with zero attached hydrogens (tertiary/aromatic N) is 3. The molecule has 6 nitrogen and oxygen atoms in total. The minimum absolute atomic E-state index is 0.289. The molecule has 0 saturated heterocycles. The van der Waals surface area contributed by atoms with Gasteiger partial charge in [0.05, 0.1) is 18.3 Å². The highest BCUT2D eigenvalue weighted by molar-refractivity contribution is 6.34. The zero-order valence-corrected chi connectivity index (χ0v) is 18.4. The number of aliphatic hydroxyl groups excluding tert-OH is 1. The van der Waals surface area contributed by atoms with Crippen molar-refractivity contribution in [2.45, 2.75) is 46.3 Å². The number of hydrogen-bond donors (Lipinski definition) is 3. The maximum Gasteiger partial charge on any atom is 0.191 e. The van der Waals surface area contributed by atoms with Crippen LogP contribution < -0.4 is 10.6 Å². The van der Waals surface area contributed by atoms with E-state index in [2.05, 4.69) is 29.6 Å². The highest BCUT2D eigenvalue weighted by atomic mass is 35.5. The van der Waals surface area contributed by atoms with Gasteiger partial charge >= 0.3 is 0 Å². The number of halogens is 2. The topological polar surface area (TPSA) is 74.5 Å². The number of nitrogens with one attached hydrogen (secondary N) is 2. The van der Waals surface area contributed by atoms with Gasteiger partial charge in [0.15, 0.2) is 5.96 Å². The molecule has 0 bridgehead atoms. The van der Waals surface area contributed by atoms with Crippen molar-refractivity contribution in [2.75, 3.05) is 13.1 Å². The summed E-state index contributed by atoms with van der Waals surface area (Å²) in [6, 6.07) is 5.06. The van der Waals surface area contributed by atoms with E-state index in [1.807, 2.05) is 18.7 Å². The van der Waals surface area contributed by atoms with Gasteiger partial charge in [-0.25, -0.2) is 4.99 Å². The Morgan fingerprint density at radius 2 is 1.82 bits per heavy atom. The molecule has 0 aliphatic rings. The zero-order valence-electron chi connectivity index (χ0n) is 16.9. The molecule has 1 atom stereocenters. The largest absolute Gasteiger partial charge is 0.387 e. The van der Waals surface area contributed by atoms with Crippen LogP contribution in [0.15, 0.2) is 23.2 Å². The van der Waals surface area contributed by atoms with Crippen LogP contribution in [0, 0.1) is 0 Å². The Kier molecular flexibility index (Phi) is 8.60.